The van der Waals surface area contributed by atoms with E-state index in [0.717, 1.165) is 5.56 Å². The summed E-state index contributed by atoms with van der Waals surface area (Å²) >= 11 is 0. The first-order valence-electron chi connectivity index (χ1n) is 12.5. The number of carbonyl (C=O) groups is 2. The number of aromatic nitrogens is 1. The number of hydrogen-bond acceptors (Lipinski definition) is 8. The number of ketones is 1. The number of nitrogens with zero attached hydrogens (tertiary/aromatic N) is 1. The average molecular weight is 552 g/mol. The van der Waals surface area contributed by atoms with E-state index in [0.29, 0.717) is 29.0 Å². The van der Waals surface area contributed by atoms with Gasteiger partial charge in [-0.3, -0.25) is 9.59 Å². The molecular weight excluding hydrogens is 524 g/mol. The smallest absolute Gasteiger partial charge is 0.387 e. The van der Waals surface area contributed by atoms with Gasteiger partial charge in [-0.25, -0.2) is 4.98 Å². The molecule has 40 heavy (non-hydrogen) atoms. The minimum Gasteiger partial charge on any atom is -0.489 e. The highest BCUT2D eigenvalue weighted by Crippen LogP contribution is 2.34. The summed E-state index contributed by atoms with van der Waals surface area (Å²) in [7, 11) is 0. The second-order valence-corrected chi connectivity index (χ2v) is 8.57. The van der Waals surface area contributed by atoms with Crippen molar-refractivity contribution in [2.24, 2.45) is 0 Å². The van der Waals surface area contributed by atoms with E-state index in [1.165, 1.54) is 31.4 Å². The number of para-hydroxylation sites is 1. The Morgan fingerprint density at radius 3 is 2.45 bits per heavy atom. The number of halogens is 2. The predicted octanol–water partition coefficient (Wildman–Crippen LogP) is 6.28. The Kier molecular flexibility index (Phi) is 9.82. The Labute approximate surface area is 229 Å². The van der Waals surface area contributed by atoms with Crippen molar-refractivity contribution in [1.82, 2.24) is 4.98 Å². The van der Waals surface area contributed by atoms with Crippen molar-refractivity contribution in [2.75, 3.05) is 13.2 Å². The molecule has 0 atom stereocenters. The second-order valence-electron chi connectivity index (χ2n) is 8.57. The zero-order valence-corrected chi connectivity index (χ0v) is 21.7. The molecule has 0 N–H and O–H groups in total. The van der Waals surface area contributed by atoms with Gasteiger partial charge < -0.3 is 23.4 Å². The molecule has 0 radical (unpaired) electrons. The van der Waals surface area contributed by atoms with Crippen LogP contribution in [0.3, 0.4) is 0 Å². The molecule has 0 unspecified atom stereocenters. The van der Waals surface area contributed by atoms with Gasteiger partial charge in [-0.1, -0.05) is 42.5 Å². The lowest BCUT2D eigenvalue weighted by Gasteiger charge is -2.13. The third-order valence-corrected chi connectivity index (χ3v) is 5.64. The van der Waals surface area contributed by atoms with Crippen molar-refractivity contribution in [3.8, 4) is 28.7 Å². The van der Waals surface area contributed by atoms with Crippen molar-refractivity contribution in [1.29, 1.82) is 0 Å². The summed E-state index contributed by atoms with van der Waals surface area (Å²) in [4.78, 5) is 28.3. The molecule has 8 nitrogen and oxygen atoms in total. The van der Waals surface area contributed by atoms with Crippen LogP contribution in [0, 0.1) is 0 Å². The molecule has 0 aliphatic heterocycles. The number of benzene rings is 3. The topological polar surface area (TPSA) is 97.1 Å². The Morgan fingerprint density at radius 2 is 1.68 bits per heavy atom. The maximum Gasteiger partial charge on any atom is 0.387 e. The maximum absolute atomic E-state index is 12.9. The van der Waals surface area contributed by atoms with Crippen LogP contribution in [0.1, 0.15) is 35.0 Å². The summed E-state index contributed by atoms with van der Waals surface area (Å²) in [5, 5.41) is 0. The quantitative estimate of drug-likeness (QED) is 0.103. The van der Waals surface area contributed by atoms with Crippen LogP contribution in [0.4, 0.5) is 8.78 Å². The first kappa shape index (κ1) is 28.3. The standard InChI is InChI=1S/C30H27F2NO7/c1-20(34)36-15-16-37-26-10-6-5-9-24(26)25(35)13-12-23-19-39-29(33-23)22-11-14-27(40-30(31)32)28(17-22)38-18-21-7-3-2-4-8-21/h2-11,14,17,19,30H,12-13,15-16,18H2,1H3. The molecule has 0 aliphatic carbocycles. The highest BCUT2D eigenvalue weighted by molar-refractivity contribution is 5.98. The minimum atomic E-state index is -3.01. The molecule has 0 amide bonds. The summed E-state index contributed by atoms with van der Waals surface area (Å²) in [5.41, 5.74) is 2.30. The minimum absolute atomic E-state index is 0.0772. The van der Waals surface area contributed by atoms with Gasteiger partial charge in [0, 0.05) is 25.3 Å². The fourth-order valence-corrected chi connectivity index (χ4v) is 3.77. The third-order valence-electron chi connectivity index (χ3n) is 5.64. The molecule has 3 aromatic carbocycles. The lowest BCUT2D eigenvalue weighted by atomic mass is 10.0. The predicted molar refractivity (Wildman–Crippen MR) is 141 cm³/mol. The van der Waals surface area contributed by atoms with Gasteiger partial charge in [0.2, 0.25) is 5.89 Å². The van der Waals surface area contributed by atoms with E-state index >= 15 is 0 Å². The van der Waals surface area contributed by atoms with Crippen LogP contribution in [0.15, 0.2) is 83.5 Å². The van der Waals surface area contributed by atoms with Crippen LogP contribution in [0.5, 0.6) is 17.2 Å². The lowest BCUT2D eigenvalue weighted by molar-refractivity contribution is -0.141. The number of Topliss-reactive ketones (excluding diaryl/α,β-unsaturated/α-hetero) is 1. The summed E-state index contributed by atoms with van der Waals surface area (Å²) in [6, 6.07) is 20.5. The van der Waals surface area contributed by atoms with Gasteiger partial charge in [-0.15, -0.1) is 0 Å². The average Bonchev–Trinajstić information content (AvgIpc) is 3.43. The molecule has 1 aromatic heterocycles. The summed E-state index contributed by atoms with van der Waals surface area (Å²) in [6.07, 6.45) is 1.88. The van der Waals surface area contributed by atoms with E-state index < -0.39 is 12.6 Å². The van der Waals surface area contributed by atoms with Crippen LogP contribution in [-0.2, 0) is 22.6 Å². The Balaban J connectivity index is 1.41. The molecule has 4 aromatic rings. The molecule has 0 saturated carbocycles. The van der Waals surface area contributed by atoms with Gasteiger partial charge >= 0.3 is 12.6 Å². The summed E-state index contributed by atoms with van der Waals surface area (Å²) in [5.74, 6) is 0.0770. The van der Waals surface area contributed by atoms with Gasteiger partial charge in [0.25, 0.3) is 0 Å². The van der Waals surface area contributed by atoms with E-state index in [2.05, 4.69) is 9.72 Å². The Morgan fingerprint density at radius 1 is 0.900 bits per heavy atom. The molecule has 208 valence electrons. The first-order chi connectivity index (χ1) is 19.4. The molecule has 0 saturated heterocycles. The van der Waals surface area contributed by atoms with Crippen LogP contribution >= 0.6 is 0 Å². The summed E-state index contributed by atoms with van der Waals surface area (Å²) in [6.45, 7) is -1.36. The van der Waals surface area contributed by atoms with E-state index in [9.17, 15) is 18.4 Å². The number of esters is 1. The summed E-state index contributed by atoms with van der Waals surface area (Å²) < 4.78 is 52.3. The van der Waals surface area contributed by atoms with E-state index in [-0.39, 0.29) is 49.4 Å². The molecule has 0 fully saturated rings. The number of rotatable bonds is 14. The van der Waals surface area contributed by atoms with E-state index in [1.54, 1.807) is 24.3 Å². The number of oxazole rings is 1. The van der Waals surface area contributed by atoms with Crippen LogP contribution in [-0.4, -0.2) is 36.6 Å². The lowest BCUT2D eigenvalue weighted by Crippen LogP contribution is -2.12. The first-order valence-corrected chi connectivity index (χ1v) is 12.5. The van der Waals surface area contributed by atoms with Gasteiger partial charge in [-0.05, 0) is 35.9 Å². The van der Waals surface area contributed by atoms with E-state index in [4.69, 9.17) is 18.6 Å². The van der Waals surface area contributed by atoms with Crippen molar-refractivity contribution < 1.29 is 41.7 Å². The molecule has 0 aliphatic rings. The van der Waals surface area contributed by atoms with Crippen molar-refractivity contribution in [3.63, 3.8) is 0 Å². The molecule has 0 bridgehead atoms. The molecule has 10 heteroatoms. The van der Waals surface area contributed by atoms with Gasteiger partial charge in [0.15, 0.2) is 17.3 Å². The number of hydrogen-bond donors (Lipinski definition) is 0. The normalized spacial score (nSPS) is 10.8. The molecule has 4 rings (SSSR count). The highest BCUT2D eigenvalue weighted by Gasteiger charge is 2.17. The van der Waals surface area contributed by atoms with Gasteiger partial charge in [-0.2, -0.15) is 8.78 Å². The molecule has 0 spiro atoms. The fourth-order valence-electron chi connectivity index (χ4n) is 3.77. The van der Waals surface area contributed by atoms with Crippen molar-refractivity contribution in [3.05, 3.63) is 95.9 Å². The zero-order chi connectivity index (χ0) is 28.3. The highest BCUT2D eigenvalue weighted by atomic mass is 19.3. The van der Waals surface area contributed by atoms with Gasteiger partial charge in [0.05, 0.1) is 11.3 Å². The number of aryl methyl sites for hydroxylation is 1. The number of ether oxygens (including phenoxy) is 4. The monoisotopic (exact) mass is 551 g/mol. The SMILES string of the molecule is CC(=O)OCCOc1ccccc1C(=O)CCc1coc(-c2ccc(OC(F)F)c(OCc3ccccc3)c2)n1. The van der Waals surface area contributed by atoms with Gasteiger partial charge in [0.1, 0.15) is 31.8 Å². The largest absolute Gasteiger partial charge is 0.489 e. The van der Waals surface area contributed by atoms with Crippen LogP contribution < -0.4 is 14.2 Å². The Hall–Kier alpha value is -4.73. The van der Waals surface area contributed by atoms with Crippen LogP contribution in [0.2, 0.25) is 0 Å². The molecule has 1 heterocycles. The number of alkyl halides is 2. The maximum atomic E-state index is 12.9. The Bertz CT molecular complexity index is 1420. The van der Waals surface area contributed by atoms with Crippen molar-refractivity contribution >= 4 is 11.8 Å². The van der Waals surface area contributed by atoms with Crippen molar-refractivity contribution in [2.45, 2.75) is 33.0 Å². The zero-order valence-electron chi connectivity index (χ0n) is 21.7. The molecular formula is C30H27F2NO7. The fraction of sp³-hybridized carbons (Fsp3) is 0.233. The second kappa shape index (κ2) is 13.9. The third kappa shape index (κ3) is 8.13. The number of carbonyl (C=O) groups excluding carboxylic acids is 2. The van der Waals surface area contributed by atoms with Crippen LogP contribution in [0.25, 0.3) is 11.5 Å². The van der Waals surface area contributed by atoms with E-state index in [1.807, 2.05) is 30.3 Å².